The van der Waals surface area contributed by atoms with Gasteiger partial charge >= 0.3 is 0 Å². The monoisotopic (exact) mass is 284 g/mol. The van der Waals surface area contributed by atoms with E-state index in [1.54, 1.807) is 6.26 Å². The Hall–Kier alpha value is -2.07. The fourth-order valence-corrected chi connectivity index (χ4v) is 3.16. The minimum absolute atomic E-state index is 0.345. The number of nitrogens with one attached hydrogen (secondary N) is 1. The van der Waals surface area contributed by atoms with Crippen molar-refractivity contribution in [1.29, 1.82) is 0 Å². The number of carbonyl (C=O) groups is 1. The number of ether oxygens (including phenoxy) is 1. The van der Waals surface area contributed by atoms with Crippen LogP contribution >= 0.6 is 0 Å². The normalized spacial score (nSPS) is 19.0. The highest BCUT2D eigenvalue weighted by Crippen LogP contribution is 2.35. The molecule has 0 aromatic heterocycles. The molecule has 2 aliphatic rings. The van der Waals surface area contributed by atoms with Gasteiger partial charge in [-0.25, -0.2) is 0 Å². The lowest BCUT2D eigenvalue weighted by Gasteiger charge is -2.27. The molecular formula is C17H20N2O2. The number of benzene rings is 1. The smallest absolute Gasteiger partial charge is 0.249 e. The highest BCUT2D eigenvalue weighted by atomic mass is 16.5. The second-order valence-electron chi connectivity index (χ2n) is 5.45. The van der Waals surface area contributed by atoms with Gasteiger partial charge in [0.15, 0.2) is 0 Å². The number of primary amides is 1. The maximum absolute atomic E-state index is 11.8. The van der Waals surface area contributed by atoms with E-state index in [1.165, 1.54) is 0 Å². The molecule has 2 heterocycles. The van der Waals surface area contributed by atoms with Crippen LogP contribution in [0.1, 0.15) is 40.2 Å². The molecule has 3 N–H and O–H groups in total. The summed E-state index contributed by atoms with van der Waals surface area (Å²) in [6.45, 7) is 2.53. The molecule has 1 aromatic carbocycles. The zero-order chi connectivity index (χ0) is 14.7. The van der Waals surface area contributed by atoms with Crippen molar-refractivity contribution >= 4 is 11.5 Å². The van der Waals surface area contributed by atoms with Crippen LogP contribution in [0.4, 0.5) is 0 Å². The fourth-order valence-electron chi connectivity index (χ4n) is 3.16. The minimum Gasteiger partial charge on any atom is -0.497 e. The Balaban J connectivity index is 2.10. The molecule has 110 valence electrons. The van der Waals surface area contributed by atoms with E-state index in [2.05, 4.69) is 11.4 Å². The second kappa shape index (κ2) is 6.14. The van der Waals surface area contributed by atoms with E-state index in [1.807, 2.05) is 24.3 Å². The van der Waals surface area contributed by atoms with Crippen LogP contribution in [0.25, 0.3) is 5.57 Å². The summed E-state index contributed by atoms with van der Waals surface area (Å²) in [5, 5.41) is 3.37. The van der Waals surface area contributed by atoms with Crippen molar-refractivity contribution in [1.82, 2.24) is 5.32 Å². The minimum atomic E-state index is -0.345. The van der Waals surface area contributed by atoms with Crippen LogP contribution in [0.15, 0.2) is 36.6 Å². The zero-order valence-electron chi connectivity index (χ0n) is 12.0. The molecular weight excluding hydrogens is 264 g/mol. The number of rotatable bonds is 3. The lowest BCUT2D eigenvalue weighted by Crippen LogP contribution is -2.28. The maximum Gasteiger partial charge on any atom is 0.249 e. The highest BCUT2D eigenvalue weighted by Gasteiger charge is 2.24. The molecule has 0 spiro atoms. The summed E-state index contributed by atoms with van der Waals surface area (Å²) < 4.78 is 5.23. The van der Waals surface area contributed by atoms with Gasteiger partial charge in [0.05, 0.1) is 6.26 Å². The van der Waals surface area contributed by atoms with Gasteiger partial charge in [-0.15, -0.1) is 0 Å². The van der Waals surface area contributed by atoms with Crippen molar-refractivity contribution < 1.29 is 9.53 Å². The van der Waals surface area contributed by atoms with E-state index in [-0.39, 0.29) is 5.91 Å². The average Bonchev–Trinajstić information content (AvgIpc) is 2.55. The van der Waals surface area contributed by atoms with Gasteiger partial charge in [-0.1, -0.05) is 12.1 Å². The van der Waals surface area contributed by atoms with Gasteiger partial charge in [-0.3, -0.25) is 4.79 Å². The van der Waals surface area contributed by atoms with E-state index in [0.29, 0.717) is 18.1 Å². The molecule has 4 nitrogen and oxygen atoms in total. The summed E-state index contributed by atoms with van der Waals surface area (Å²) in [6.07, 6.45) is 7.77. The Bertz CT molecular complexity index is 599. The topological polar surface area (TPSA) is 64.4 Å². The first-order valence-electron chi connectivity index (χ1n) is 7.39. The summed E-state index contributed by atoms with van der Waals surface area (Å²) in [4.78, 5) is 11.8. The van der Waals surface area contributed by atoms with Crippen LogP contribution in [-0.4, -0.2) is 25.6 Å². The average molecular weight is 284 g/mol. The van der Waals surface area contributed by atoms with Gasteiger partial charge in [0.25, 0.3) is 0 Å². The largest absolute Gasteiger partial charge is 0.497 e. The standard InChI is InChI=1S/C17H20N2O2/c18-17(20)15-3-1-2-14(12-6-10-21-11-7-12)16(15)13-4-8-19-9-5-13/h1-3,6-7,10,13,19H,4-5,8-9,11H2,(H2,18,20). The number of piperidine rings is 1. The molecule has 21 heavy (non-hydrogen) atoms. The summed E-state index contributed by atoms with van der Waals surface area (Å²) in [6, 6.07) is 5.82. The molecule has 0 unspecified atom stereocenters. The van der Waals surface area contributed by atoms with Crippen LogP contribution in [0.2, 0.25) is 0 Å². The van der Waals surface area contributed by atoms with Crippen molar-refractivity contribution in [3.05, 3.63) is 53.3 Å². The Morgan fingerprint density at radius 1 is 1.29 bits per heavy atom. The van der Waals surface area contributed by atoms with Crippen molar-refractivity contribution in [2.24, 2.45) is 5.73 Å². The Kier molecular flexibility index (Phi) is 4.06. The van der Waals surface area contributed by atoms with Gasteiger partial charge in [-0.2, -0.15) is 0 Å². The van der Waals surface area contributed by atoms with Gasteiger partial charge in [-0.05, 0) is 66.8 Å². The molecule has 2 aliphatic heterocycles. The summed E-state index contributed by atoms with van der Waals surface area (Å²) >= 11 is 0. The van der Waals surface area contributed by atoms with Gasteiger partial charge in [0.2, 0.25) is 5.91 Å². The van der Waals surface area contributed by atoms with Gasteiger partial charge < -0.3 is 15.8 Å². The molecule has 0 bridgehead atoms. The highest BCUT2D eigenvalue weighted by molar-refractivity contribution is 5.96. The number of hydrogen-bond donors (Lipinski definition) is 2. The van der Waals surface area contributed by atoms with Gasteiger partial charge in [0, 0.05) is 5.56 Å². The number of nitrogens with two attached hydrogens (primary N) is 1. The first-order chi connectivity index (χ1) is 10.3. The third-order valence-corrected chi connectivity index (χ3v) is 4.17. The predicted molar refractivity (Wildman–Crippen MR) is 82.9 cm³/mol. The first-order valence-corrected chi connectivity index (χ1v) is 7.39. The molecule has 0 radical (unpaired) electrons. The quantitative estimate of drug-likeness (QED) is 0.894. The van der Waals surface area contributed by atoms with Crippen LogP contribution < -0.4 is 11.1 Å². The first kappa shape index (κ1) is 13.9. The van der Waals surface area contributed by atoms with Crippen molar-refractivity contribution in [2.75, 3.05) is 19.7 Å². The third-order valence-electron chi connectivity index (χ3n) is 4.17. The molecule has 1 saturated heterocycles. The third kappa shape index (κ3) is 2.85. The lowest BCUT2D eigenvalue weighted by molar-refractivity contribution is 0.0998. The van der Waals surface area contributed by atoms with Crippen molar-refractivity contribution in [3.63, 3.8) is 0 Å². The number of hydrogen-bond acceptors (Lipinski definition) is 3. The van der Waals surface area contributed by atoms with E-state index in [4.69, 9.17) is 10.5 Å². The molecule has 0 saturated carbocycles. The summed E-state index contributed by atoms with van der Waals surface area (Å²) in [5.74, 6) is 0.0316. The molecule has 0 atom stereocenters. The van der Waals surface area contributed by atoms with E-state index in [9.17, 15) is 4.79 Å². The van der Waals surface area contributed by atoms with Crippen molar-refractivity contribution in [3.8, 4) is 0 Å². The predicted octanol–water partition coefficient (Wildman–Crippen LogP) is 2.18. The summed E-state index contributed by atoms with van der Waals surface area (Å²) in [5.41, 5.74) is 9.58. The fraction of sp³-hybridized carbons (Fsp3) is 0.353. The van der Waals surface area contributed by atoms with Crippen LogP contribution in [0, 0.1) is 0 Å². The molecule has 3 rings (SSSR count). The van der Waals surface area contributed by atoms with E-state index in [0.717, 1.165) is 42.6 Å². The molecule has 0 aliphatic carbocycles. The summed E-state index contributed by atoms with van der Waals surface area (Å²) in [7, 11) is 0. The molecule has 1 fully saturated rings. The number of amides is 1. The Morgan fingerprint density at radius 3 is 2.76 bits per heavy atom. The van der Waals surface area contributed by atoms with E-state index < -0.39 is 0 Å². The Morgan fingerprint density at radius 2 is 2.10 bits per heavy atom. The van der Waals surface area contributed by atoms with Crippen molar-refractivity contribution in [2.45, 2.75) is 18.8 Å². The maximum atomic E-state index is 11.8. The van der Waals surface area contributed by atoms with Crippen LogP contribution in [0.3, 0.4) is 0 Å². The SMILES string of the molecule is NC(=O)c1cccc(C2=CCOC=C2)c1C1CCNCC1. The van der Waals surface area contributed by atoms with Gasteiger partial charge in [0.1, 0.15) is 6.61 Å². The second-order valence-corrected chi connectivity index (χ2v) is 5.45. The number of carbonyl (C=O) groups excluding carboxylic acids is 1. The molecule has 1 aromatic rings. The van der Waals surface area contributed by atoms with Crippen LogP contribution in [0.5, 0.6) is 0 Å². The molecule has 1 amide bonds. The molecule has 4 heteroatoms. The van der Waals surface area contributed by atoms with E-state index >= 15 is 0 Å². The Labute approximate surface area is 124 Å². The van der Waals surface area contributed by atoms with Crippen LogP contribution in [-0.2, 0) is 4.74 Å². The number of allylic oxidation sites excluding steroid dienone is 2. The zero-order valence-corrected chi connectivity index (χ0v) is 12.0. The lowest BCUT2D eigenvalue weighted by atomic mass is 9.81.